The second-order valence-electron chi connectivity index (χ2n) is 6.72. The summed E-state index contributed by atoms with van der Waals surface area (Å²) in [5.74, 6) is -0.430. The molecule has 26 heavy (non-hydrogen) atoms. The molecule has 0 N–H and O–H groups in total. The summed E-state index contributed by atoms with van der Waals surface area (Å²) >= 11 is 12.8. The van der Waals surface area contributed by atoms with E-state index in [2.05, 4.69) is 13.8 Å². The van der Waals surface area contributed by atoms with E-state index in [0.29, 0.717) is 22.2 Å². The van der Waals surface area contributed by atoms with E-state index >= 15 is 0 Å². The summed E-state index contributed by atoms with van der Waals surface area (Å²) in [6.45, 7) is 4.17. The monoisotopic (exact) mass is 391 g/mol. The van der Waals surface area contributed by atoms with Crippen molar-refractivity contribution in [2.45, 2.75) is 37.6 Å². The fourth-order valence-corrected chi connectivity index (χ4v) is 3.36. The van der Waals surface area contributed by atoms with E-state index in [9.17, 15) is 9.18 Å². The topological polar surface area (TPSA) is 20.3 Å². The third kappa shape index (κ3) is 3.79. The van der Waals surface area contributed by atoms with Gasteiger partial charge in [-0.15, -0.1) is 11.6 Å². The second kappa shape index (κ2) is 7.81. The first-order chi connectivity index (χ1) is 12.4. The van der Waals surface area contributed by atoms with Gasteiger partial charge in [-0.1, -0.05) is 55.8 Å². The van der Waals surface area contributed by atoms with Crippen molar-refractivity contribution in [3.63, 3.8) is 0 Å². The molecule has 2 atom stereocenters. The summed E-state index contributed by atoms with van der Waals surface area (Å²) in [6, 6.07) is 11.4. The second-order valence-corrected chi connectivity index (χ2v) is 7.57. The molecule has 0 saturated carbocycles. The van der Waals surface area contributed by atoms with E-state index in [1.165, 1.54) is 12.1 Å². The first-order valence-corrected chi connectivity index (χ1v) is 9.38. The normalized spacial score (nSPS) is 17.1. The third-order valence-corrected chi connectivity index (χ3v) is 5.32. The van der Waals surface area contributed by atoms with E-state index in [4.69, 9.17) is 23.2 Å². The Labute approximate surface area is 163 Å². The quantitative estimate of drug-likeness (QED) is 0.435. The van der Waals surface area contributed by atoms with Crippen LogP contribution in [0, 0.1) is 5.82 Å². The zero-order valence-corrected chi connectivity index (χ0v) is 16.1. The van der Waals surface area contributed by atoms with Gasteiger partial charge in [-0.25, -0.2) is 4.39 Å². The Morgan fingerprint density at radius 3 is 2.50 bits per heavy atom. The number of carbonyl (C=O) groups is 1. The molecule has 2 unspecified atom stereocenters. The Hall–Kier alpha value is -1.84. The number of anilines is 1. The fourth-order valence-electron chi connectivity index (χ4n) is 2.91. The van der Waals surface area contributed by atoms with Gasteiger partial charge in [0.15, 0.2) is 0 Å². The number of hydrogen-bond donors (Lipinski definition) is 0. The van der Waals surface area contributed by atoms with Gasteiger partial charge < -0.3 is 4.90 Å². The molecule has 3 rings (SSSR count). The van der Waals surface area contributed by atoms with Gasteiger partial charge in [0.25, 0.3) is 0 Å². The van der Waals surface area contributed by atoms with Crippen molar-refractivity contribution in [3.8, 4) is 0 Å². The number of benzene rings is 2. The SMILES string of the molecule is CC(C)c1ccc(Cl)c(N(C(=O)C(Cl)c2cccc(F)c2)C2C=CC2)c1. The Morgan fingerprint density at radius 1 is 1.19 bits per heavy atom. The number of carbonyl (C=O) groups excluding carboxylic acids is 1. The lowest BCUT2D eigenvalue weighted by atomic mass is 9.97. The van der Waals surface area contributed by atoms with Crippen molar-refractivity contribution in [3.05, 3.63) is 76.6 Å². The van der Waals surface area contributed by atoms with E-state index in [0.717, 1.165) is 12.0 Å². The molecule has 0 heterocycles. The van der Waals surface area contributed by atoms with Gasteiger partial charge in [0.2, 0.25) is 5.91 Å². The highest BCUT2D eigenvalue weighted by molar-refractivity contribution is 6.36. The Morgan fingerprint density at radius 2 is 1.92 bits per heavy atom. The first kappa shape index (κ1) is 18.9. The molecule has 0 fully saturated rings. The van der Waals surface area contributed by atoms with Crippen molar-refractivity contribution in [2.24, 2.45) is 0 Å². The molecule has 0 aliphatic heterocycles. The van der Waals surface area contributed by atoms with Crippen LogP contribution >= 0.6 is 23.2 Å². The summed E-state index contributed by atoms with van der Waals surface area (Å²) < 4.78 is 13.5. The van der Waals surface area contributed by atoms with Crippen LogP contribution < -0.4 is 4.90 Å². The fraction of sp³-hybridized carbons (Fsp3) is 0.286. The Bertz CT molecular complexity index is 850. The van der Waals surface area contributed by atoms with Crippen LogP contribution in [0.1, 0.15) is 42.7 Å². The minimum absolute atomic E-state index is 0.0998. The summed E-state index contributed by atoms with van der Waals surface area (Å²) in [5.41, 5.74) is 2.16. The van der Waals surface area contributed by atoms with E-state index in [-0.39, 0.29) is 11.9 Å². The molecule has 1 aliphatic rings. The number of amides is 1. The predicted molar refractivity (Wildman–Crippen MR) is 106 cm³/mol. The van der Waals surface area contributed by atoms with Crippen LogP contribution in [0.5, 0.6) is 0 Å². The van der Waals surface area contributed by atoms with Crippen molar-refractivity contribution in [1.29, 1.82) is 0 Å². The number of rotatable bonds is 5. The van der Waals surface area contributed by atoms with Crippen molar-refractivity contribution in [1.82, 2.24) is 0 Å². The highest BCUT2D eigenvalue weighted by Gasteiger charge is 2.33. The summed E-state index contributed by atoms with van der Waals surface area (Å²) in [7, 11) is 0. The molecule has 1 amide bonds. The Balaban J connectivity index is 2.00. The highest BCUT2D eigenvalue weighted by Crippen LogP contribution is 2.36. The van der Waals surface area contributed by atoms with Crippen LogP contribution in [0.2, 0.25) is 5.02 Å². The standard InChI is InChI=1S/C21H20Cl2FNO/c1-13(2)14-9-10-18(22)19(12-14)25(17-7-4-8-17)21(26)20(23)15-5-3-6-16(24)11-15/h3-7,9-13,17,20H,8H2,1-2H3. The average molecular weight is 392 g/mol. The molecule has 1 aliphatic carbocycles. The van der Waals surface area contributed by atoms with Crippen LogP contribution in [-0.4, -0.2) is 11.9 Å². The molecule has 0 bridgehead atoms. The van der Waals surface area contributed by atoms with Gasteiger partial charge >= 0.3 is 0 Å². The number of halogens is 3. The minimum atomic E-state index is -0.988. The molecular weight excluding hydrogens is 372 g/mol. The molecule has 2 aromatic rings. The van der Waals surface area contributed by atoms with Gasteiger partial charge in [-0.05, 0) is 47.7 Å². The van der Waals surface area contributed by atoms with Crippen LogP contribution in [0.3, 0.4) is 0 Å². The largest absolute Gasteiger partial charge is 0.302 e. The van der Waals surface area contributed by atoms with E-state index in [1.807, 2.05) is 24.3 Å². The number of hydrogen-bond acceptors (Lipinski definition) is 1. The molecule has 0 saturated heterocycles. The number of alkyl halides is 1. The molecular formula is C21H20Cl2FNO. The van der Waals surface area contributed by atoms with Gasteiger partial charge in [-0.2, -0.15) is 0 Å². The van der Waals surface area contributed by atoms with Crippen LogP contribution in [-0.2, 0) is 4.79 Å². The van der Waals surface area contributed by atoms with Gasteiger partial charge in [0.05, 0.1) is 16.8 Å². The average Bonchev–Trinajstić information content (AvgIpc) is 2.57. The highest BCUT2D eigenvalue weighted by atomic mass is 35.5. The molecule has 2 nitrogen and oxygen atoms in total. The lowest BCUT2D eigenvalue weighted by Gasteiger charge is -2.35. The lowest BCUT2D eigenvalue weighted by Crippen LogP contribution is -2.43. The van der Waals surface area contributed by atoms with Crippen molar-refractivity contribution < 1.29 is 9.18 Å². The Kier molecular flexibility index (Phi) is 5.69. The van der Waals surface area contributed by atoms with Crippen LogP contribution in [0.15, 0.2) is 54.6 Å². The summed E-state index contributed by atoms with van der Waals surface area (Å²) in [5, 5.41) is -0.496. The minimum Gasteiger partial charge on any atom is -0.302 e. The van der Waals surface area contributed by atoms with Gasteiger partial charge in [-0.3, -0.25) is 4.79 Å². The van der Waals surface area contributed by atoms with E-state index < -0.39 is 11.2 Å². The predicted octanol–water partition coefficient (Wildman–Crippen LogP) is 6.24. The number of nitrogens with zero attached hydrogens (tertiary/aromatic N) is 1. The molecule has 0 radical (unpaired) electrons. The zero-order valence-electron chi connectivity index (χ0n) is 14.6. The van der Waals surface area contributed by atoms with Crippen LogP contribution in [0.4, 0.5) is 10.1 Å². The smallest absolute Gasteiger partial charge is 0.250 e. The van der Waals surface area contributed by atoms with Gasteiger partial charge in [0, 0.05) is 0 Å². The van der Waals surface area contributed by atoms with E-state index in [1.54, 1.807) is 23.1 Å². The van der Waals surface area contributed by atoms with Crippen molar-refractivity contribution in [2.75, 3.05) is 4.90 Å². The summed E-state index contributed by atoms with van der Waals surface area (Å²) in [4.78, 5) is 14.8. The van der Waals surface area contributed by atoms with Crippen molar-refractivity contribution >= 4 is 34.8 Å². The zero-order chi connectivity index (χ0) is 18.8. The lowest BCUT2D eigenvalue weighted by molar-refractivity contribution is -0.118. The summed E-state index contributed by atoms with van der Waals surface area (Å²) in [6.07, 6.45) is 4.68. The maximum absolute atomic E-state index is 13.5. The molecule has 0 spiro atoms. The molecule has 5 heteroatoms. The molecule has 0 aromatic heterocycles. The molecule has 136 valence electrons. The third-order valence-electron chi connectivity index (χ3n) is 4.56. The maximum Gasteiger partial charge on any atom is 0.250 e. The first-order valence-electron chi connectivity index (χ1n) is 8.57. The molecule has 2 aromatic carbocycles. The maximum atomic E-state index is 13.5. The van der Waals surface area contributed by atoms with Gasteiger partial charge in [0.1, 0.15) is 11.2 Å². The van der Waals surface area contributed by atoms with Crippen LogP contribution in [0.25, 0.3) is 0 Å².